The Kier molecular flexibility index (Phi) is 9.09. The maximum absolute atomic E-state index is 12.8. The van der Waals surface area contributed by atoms with Crippen LogP contribution in [-0.4, -0.2) is 41.2 Å². The molecule has 3 amide bonds. The number of unbranched alkanes of at least 4 members (excludes halogenated alkanes) is 2. The first-order valence-electron chi connectivity index (χ1n) is 12.5. The van der Waals surface area contributed by atoms with E-state index in [2.05, 4.69) is 36.6 Å². The molecular formula is C27H37N3O5. The molecule has 0 aliphatic heterocycles. The molecule has 0 bridgehead atoms. The van der Waals surface area contributed by atoms with Gasteiger partial charge in [0, 0.05) is 5.56 Å². The Hall–Kier alpha value is -3.13. The average Bonchev–Trinajstić information content (AvgIpc) is 3.42. The van der Waals surface area contributed by atoms with Crippen LogP contribution in [-0.2, 0) is 15.0 Å². The second-order valence-electron chi connectivity index (χ2n) is 9.59. The summed E-state index contributed by atoms with van der Waals surface area (Å²) in [5.74, 6) is -0.558. The van der Waals surface area contributed by atoms with Gasteiger partial charge in [-0.05, 0) is 54.9 Å². The molecule has 1 heterocycles. The van der Waals surface area contributed by atoms with Crippen molar-refractivity contribution in [3.05, 3.63) is 47.7 Å². The van der Waals surface area contributed by atoms with Gasteiger partial charge in [-0.2, -0.15) is 0 Å². The van der Waals surface area contributed by atoms with Crippen molar-refractivity contribution in [3.8, 4) is 11.3 Å². The fraction of sp³-hybridized carbons (Fsp3) is 0.519. The molecule has 0 saturated heterocycles. The van der Waals surface area contributed by atoms with E-state index >= 15 is 0 Å². The highest BCUT2D eigenvalue weighted by Crippen LogP contribution is 2.48. The average molecular weight is 484 g/mol. The highest BCUT2D eigenvalue weighted by Gasteiger charge is 2.39. The summed E-state index contributed by atoms with van der Waals surface area (Å²) in [5, 5.41) is 15.8. The van der Waals surface area contributed by atoms with E-state index in [0.29, 0.717) is 30.1 Å². The third kappa shape index (κ3) is 6.72. The van der Waals surface area contributed by atoms with Gasteiger partial charge >= 0.3 is 0 Å². The van der Waals surface area contributed by atoms with Gasteiger partial charge in [-0.25, -0.2) is 5.06 Å². The zero-order valence-electron chi connectivity index (χ0n) is 20.9. The molecule has 1 fully saturated rings. The zero-order valence-corrected chi connectivity index (χ0v) is 20.9. The minimum absolute atomic E-state index is 0.0885. The number of furan rings is 1. The summed E-state index contributed by atoms with van der Waals surface area (Å²) in [7, 11) is 0. The lowest BCUT2D eigenvalue weighted by Gasteiger charge is -2.29. The molecule has 2 aromatic rings. The molecule has 1 aliphatic rings. The van der Waals surface area contributed by atoms with Crippen LogP contribution in [0.4, 0.5) is 0 Å². The molecule has 190 valence electrons. The summed E-state index contributed by atoms with van der Waals surface area (Å²) < 4.78 is 5.79. The van der Waals surface area contributed by atoms with Crippen molar-refractivity contribution in [2.45, 2.75) is 77.2 Å². The van der Waals surface area contributed by atoms with Gasteiger partial charge in [0.2, 0.25) is 12.3 Å². The number of amides is 3. The van der Waals surface area contributed by atoms with E-state index in [1.54, 1.807) is 12.1 Å². The van der Waals surface area contributed by atoms with Crippen LogP contribution in [0.2, 0.25) is 0 Å². The van der Waals surface area contributed by atoms with Gasteiger partial charge in [-0.1, -0.05) is 58.2 Å². The molecule has 1 aromatic carbocycles. The van der Waals surface area contributed by atoms with Crippen molar-refractivity contribution in [1.29, 1.82) is 0 Å². The van der Waals surface area contributed by atoms with Crippen LogP contribution in [0.25, 0.3) is 11.3 Å². The summed E-state index contributed by atoms with van der Waals surface area (Å²) in [4.78, 5) is 36.5. The van der Waals surface area contributed by atoms with Crippen LogP contribution < -0.4 is 10.6 Å². The summed E-state index contributed by atoms with van der Waals surface area (Å²) in [6.45, 7) is 6.04. The number of hydrogen-bond acceptors (Lipinski definition) is 5. The maximum atomic E-state index is 12.8. The molecule has 3 rings (SSSR count). The topological polar surface area (TPSA) is 112 Å². The van der Waals surface area contributed by atoms with Gasteiger partial charge in [-0.15, -0.1) is 0 Å². The minimum atomic E-state index is -0.624. The maximum Gasteiger partial charge on any atom is 0.288 e. The summed E-state index contributed by atoms with van der Waals surface area (Å²) in [5.41, 5.74) is 2.44. The van der Waals surface area contributed by atoms with E-state index < -0.39 is 17.9 Å². The number of nitrogens with zero attached hydrogens (tertiary/aromatic N) is 1. The molecule has 2 atom stereocenters. The Morgan fingerprint density at radius 3 is 2.60 bits per heavy atom. The molecule has 3 N–H and O–H groups in total. The van der Waals surface area contributed by atoms with Gasteiger partial charge in [0.1, 0.15) is 5.76 Å². The molecule has 8 heteroatoms. The molecule has 1 saturated carbocycles. The predicted molar refractivity (Wildman–Crippen MR) is 133 cm³/mol. The Bertz CT molecular complexity index is 1010. The van der Waals surface area contributed by atoms with Gasteiger partial charge in [0.05, 0.1) is 18.6 Å². The number of hydrogen-bond donors (Lipinski definition) is 3. The molecule has 8 nitrogen and oxygen atoms in total. The number of nitrogens with one attached hydrogen (secondary N) is 2. The molecular weight excluding hydrogens is 446 g/mol. The fourth-order valence-corrected chi connectivity index (χ4v) is 4.42. The lowest BCUT2D eigenvalue weighted by atomic mass is 9.90. The van der Waals surface area contributed by atoms with E-state index in [1.165, 1.54) is 18.4 Å². The minimum Gasteiger partial charge on any atom is -0.451 e. The first-order chi connectivity index (χ1) is 16.8. The van der Waals surface area contributed by atoms with E-state index in [-0.39, 0.29) is 23.8 Å². The number of carbonyl (C=O) groups excluding carboxylic acids is 3. The van der Waals surface area contributed by atoms with Crippen molar-refractivity contribution in [2.75, 3.05) is 6.67 Å². The Labute approximate surface area is 207 Å². The largest absolute Gasteiger partial charge is 0.451 e. The Morgan fingerprint density at radius 1 is 1.17 bits per heavy atom. The summed E-state index contributed by atoms with van der Waals surface area (Å²) >= 11 is 0. The summed E-state index contributed by atoms with van der Waals surface area (Å²) in [6, 6.07) is 11.0. The standard InChI is InChI=1S/C27H37N3O5/c1-4-6-7-11-21(22(5-2)30(34)18-31)25(32)28-17-29-26(33)24-13-12-23(35-24)19-9-8-10-20(16-19)27(3)14-15-27/h8-10,12-13,16,18,21-22,34H,4-7,11,14-15,17H2,1-3H3,(H,28,32)(H,29,33)/t21-,22-/m1/s1. The van der Waals surface area contributed by atoms with Crippen molar-refractivity contribution >= 4 is 18.2 Å². The van der Waals surface area contributed by atoms with Gasteiger partial charge in [-0.3, -0.25) is 19.6 Å². The number of carbonyl (C=O) groups is 3. The summed E-state index contributed by atoms with van der Waals surface area (Å²) in [6.07, 6.45) is 6.40. The highest BCUT2D eigenvalue weighted by atomic mass is 16.5. The molecule has 0 unspecified atom stereocenters. The van der Waals surface area contributed by atoms with E-state index in [0.717, 1.165) is 24.8 Å². The molecule has 0 radical (unpaired) electrons. The van der Waals surface area contributed by atoms with Gasteiger partial charge < -0.3 is 15.1 Å². The molecule has 1 aromatic heterocycles. The lowest BCUT2D eigenvalue weighted by Crippen LogP contribution is -2.47. The van der Waals surface area contributed by atoms with Crippen LogP contribution in [0, 0.1) is 5.92 Å². The van der Waals surface area contributed by atoms with E-state index in [1.807, 2.05) is 19.1 Å². The van der Waals surface area contributed by atoms with Crippen molar-refractivity contribution in [2.24, 2.45) is 5.92 Å². The second-order valence-corrected chi connectivity index (χ2v) is 9.59. The smallest absolute Gasteiger partial charge is 0.288 e. The number of hydroxylamine groups is 2. The molecule has 1 aliphatic carbocycles. The monoisotopic (exact) mass is 483 g/mol. The fourth-order valence-electron chi connectivity index (χ4n) is 4.42. The normalized spacial score (nSPS) is 15.7. The lowest BCUT2D eigenvalue weighted by molar-refractivity contribution is -0.168. The zero-order chi connectivity index (χ0) is 25.4. The predicted octanol–water partition coefficient (Wildman–Crippen LogP) is 4.62. The SMILES string of the molecule is CCCCC[C@@H](C(=O)NCNC(=O)c1ccc(-c2cccc(C3(C)CC3)c2)o1)[C@@H](CC)N(O)C=O. The third-order valence-electron chi connectivity index (χ3n) is 6.97. The van der Waals surface area contributed by atoms with Crippen molar-refractivity contribution in [1.82, 2.24) is 15.7 Å². The van der Waals surface area contributed by atoms with Gasteiger partial charge in [0.25, 0.3) is 5.91 Å². The Balaban J connectivity index is 1.57. The van der Waals surface area contributed by atoms with Crippen LogP contribution in [0.5, 0.6) is 0 Å². The highest BCUT2D eigenvalue weighted by molar-refractivity contribution is 5.92. The Morgan fingerprint density at radius 2 is 1.94 bits per heavy atom. The second kappa shape index (κ2) is 12.0. The van der Waals surface area contributed by atoms with Crippen LogP contribution >= 0.6 is 0 Å². The van der Waals surface area contributed by atoms with Crippen LogP contribution in [0.3, 0.4) is 0 Å². The number of rotatable bonds is 14. The van der Waals surface area contributed by atoms with Crippen LogP contribution in [0.15, 0.2) is 40.8 Å². The van der Waals surface area contributed by atoms with E-state index in [9.17, 15) is 19.6 Å². The quantitative estimate of drug-likeness (QED) is 0.119. The van der Waals surface area contributed by atoms with Gasteiger partial charge in [0.15, 0.2) is 5.76 Å². The van der Waals surface area contributed by atoms with E-state index in [4.69, 9.17) is 4.42 Å². The molecule has 35 heavy (non-hydrogen) atoms. The van der Waals surface area contributed by atoms with Crippen LogP contribution in [0.1, 0.15) is 81.8 Å². The van der Waals surface area contributed by atoms with Crippen molar-refractivity contribution < 1.29 is 24.0 Å². The first kappa shape index (κ1) is 26.5. The first-order valence-corrected chi connectivity index (χ1v) is 12.5. The number of benzene rings is 1. The molecule has 0 spiro atoms. The van der Waals surface area contributed by atoms with Crippen molar-refractivity contribution in [3.63, 3.8) is 0 Å². The third-order valence-corrected chi connectivity index (χ3v) is 6.97.